The smallest absolute Gasteiger partial charge is 0.307 e. The van der Waals surface area contributed by atoms with Crippen molar-refractivity contribution in [3.63, 3.8) is 0 Å². The molecule has 3 aromatic rings. The Morgan fingerprint density at radius 1 is 1.16 bits per heavy atom. The second-order valence-electron chi connectivity index (χ2n) is 8.00. The van der Waals surface area contributed by atoms with Crippen molar-refractivity contribution in [2.45, 2.75) is 31.3 Å². The summed E-state index contributed by atoms with van der Waals surface area (Å²) < 4.78 is 20.9. The molecule has 0 bridgehead atoms. The van der Waals surface area contributed by atoms with Crippen LogP contribution < -0.4 is 4.74 Å². The average molecular weight is 414 g/mol. The number of fused-ring (bicyclic) bond motifs is 1. The van der Waals surface area contributed by atoms with Crippen LogP contribution in [0.2, 0.25) is 0 Å². The molecule has 1 fully saturated rings. The van der Waals surface area contributed by atoms with Gasteiger partial charge in [0.25, 0.3) is 0 Å². The normalized spacial score (nSPS) is 21.2. The summed E-state index contributed by atoms with van der Waals surface area (Å²) in [6.07, 6.45) is 3.10. The zero-order valence-corrected chi connectivity index (χ0v) is 16.6. The lowest BCUT2D eigenvalue weighted by Gasteiger charge is -2.17. The molecule has 1 saturated carbocycles. The summed E-state index contributed by atoms with van der Waals surface area (Å²) in [5.74, 6) is -0.688. The third-order valence-electron chi connectivity index (χ3n) is 6.18. The number of ether oxygens (including phenoxy) is 1. The molecule has 2 aliphatic rings. The van der Waals surface area contributed by atoms with E-state index >= 15 is 0 Å². The third kappa shape index (κ3) is 3.42. The number of pyridine rings is 1. The second-order valence-corrected chi connectivity index (χ2v) is 8.00. The first-order chi connectivity index (χ1) is 15.1. The van der Waals surface area contributed by atoms with Crippen molar-refractivity contribution in [3.05, 3.63) is 82.9 Å². The monoisotopic (exact) mass is 414 g/mol. The van der Waals surface area contributed by atoms with Gasteiger partial charge in [0.15, 0.2) is 0 Å². The molecule has 1 N–H and O–H groups in total. The van der Waals surface area contributed by atoms with E-state index in [1.807, 2.05) is 30.3 Å². The maximum atomic E-state index is 14.8. The first kappa shape index (κ1) is 19.3. The lowest BCUT2D eigenvalue weighted by molar-refractivity contribution is -0.138. The molecule has 31 heavy (non-hydrogen) atoms. The van der Waals surface area contributed by atoms with Crippen molar-refractivity contribution in [2.24, 2.45) is 5.92 Å². The topological polar surface area (TPSA) is 83.2 Å². The molecule has 0 radical (unpaired) electrons. The zero-order valence-electron chi connectivity index (χ0n) is 16.6. The summed E-state index contributed by atoms with van der Waals surface area (Å²) in [7, 11) is 0. The highest BCUT2D eigenvalue weighted by atomic mass is 19.1. The first-order valence-electron chi connectivity index (χ1n) is 10.2. The minimum Gasteiger partial charge on any atom is -0.486 e. The minimum absolute atomic E-state index is 0.0626. The molecule has 3 atom stereocenters. The average Bonchev–Trinajstić information content (AvgIpc) is 3.49. The number of aliphatic carboxylic acids is 1. The van der Waals surface area contributed by atoms with Gasteiger partial charge in [-0.3, -0.25) is 4.79 Å². The van der Waals surface area contributed by atoms with Crippen molar-refractivity contribution < 1.29 is 19.0 Å². The van der Waals surface area contributed by atoms with E-state index in [-0.39, 0.29) is 17.7 Å². The minimum atomic E-state index is -0.757. The van der Waals surface area contributed by atoms with Crippen molar-refractivity contribution >= 4 is 5.97 Å². The number of nitrogens with zero attached hydrogens (tertiary/aromatic N) is 2. The summed E-state index contributed by atoms with van der Waals surface area (Å²) >= 11 is 0. The van der Waals surface area contributed by atoms with Crippen LogP contribution in [0.15, 0.2) is 54.7 Å². The van der Waals surface area contributed by atoms with Gasteiger partial charge in [0.2, 0.25) is 0 Å². The van der Waals surface area contributed by atoms with E-state index in [1.54, 1.807) is 18.3 Å². The van der Waals surface area contributed by atoms with Gasteiger partial charge < -0.3 is 9.84 Å². The highest BCUT2D eigenvalue weighted by molar-refractivity contribution is 5.75. The van der Waals surface area contributed by atoms with Crippen LogP contribution in [0.5, 0.6) is 5.75 Å². The van der Waals surface area contributed by atoms with E-state index in [0.717, 1.165) is 16.7 Å². The molecule has 5 rings (SSSR count). The highest BCUT2D eigenvalue weighted by Gasteiger charge is 2.44. The molecule has 2 unspecified atom stereocenters. The van der Waals surface area contributed by atoms with Gasteiger partial charge >= 0.3 is 5.97 Å². The van der Waals surface area contributed by atoms with E-state index in [4.69, 9.17) is 9.84 Å². The third-order valence-corrected chi connectivity index (χ3v) is 6.18. The van der Waals surface area contributed by atoms with E-state index in [9.17, 15) is 14.4 Å². The Balaban J connectivity index is 1.41. The standard InChI is InChI=1S/C25H19FN2O3/c26-21-9-7-16(17-2-1-11-28-22(17)13-27)18-8-10-23(24(18)21)31-15-5-3-14(4-6-15)19-12-20(19)25(29)30/h1-7,9,11,19-20,23H,8,10,12H2,(H,29,30)/t19?,20?,23-/m1/s1. The number of carbonyl (C=O) groups is 1. The lowest BCUT2D eigenvalue weighted by Crippen LogP contribution is -2.06. The number of halogens is 1. The summed E-state index contributed by atoms with van der Waals surface area (Å²) in [6.45, 7) is 0. The molecule has 0 spiro atoms. The Hall–Kier alpha value is -3.72. The van der Waals surface area contributed by atoms with Crippen molar-refractivity contribution in [2.75, 3.05) is 0 Å². The Morgan fingerprint density at radius 3 is 2.68 bits per heavy atom. The molecule has 6 heteroatoms. The number of carboxylic acid groups (broad SMARTS) is 1. The molecule has 1 aromatic heterocycles. The summed E-state index contributed by atoms with van der Waals surface area (Å²) in [5, 5.41) is 18.5. The Kier molecular flexibility index (Phi) is 4.67. The predicted molar refractivity (Wildman–Crippen MR) is 111 cm³/mol. The first-order valence-corrected chi connectivity index (χ1v) is 10.2. The molecule has 5 nitrogen and oxygen atoms in total. The second kappa shape index (κ2) is 7.51. The molecule has 2 aromatic carbocycles. The van der Waals surface area contributed by atoms with Crippen LogP contribution in [-0.2, 0) is 11.2 Å². The van der Waals surface area contributed by atoms with Crippen LogP contribution in [-0.4, -0.2) is 16.1 Å². The van der Waals surface area contributed by atoms with Crippen LogP contribution in [0.25, 0.3) is 11.1 Å². The Bertz CT molecular complexity index is 1220. The van der Waals surface area contributed by atoms with Gasteiger partial charge in [0, 0.05) is 17.3 Å². The Labute approximate surface area is 178 Å². The van der Waals surface area contributed by atoms with Crippen LogP contribution in [0.4, 0.5) is 4.39 Å². The summed E-state index contributed by atoms with van der Waals surface area (Å²) in [5.41, 5.74) is 4.20. The number of benzene rings is 2. The van der Waals surface area contributed by atoms with Gasteiger partial charge in [-0.15, -0.1) is 0 Å². The largest absolute Gasteiger partial charge is 0.486 e. The summed E-state index contributed by atoms with van der Waals surface area (Å²) in [4.78, 5) is 15.2. The van der Waals surface area contributed by atoms with E-state index in [2.05, 4.69) is 11.1 Å². The van der Waals surface area contributed by atoms with Crippen LogP contribution >= 0.6 is 0 Å². The fraction of sp³-hybridized carbons (Fsp3) is 0.240. The van der Waals surface area contributed by atoms with Crippen molar-refractivity contribution in [1.29, 1.82) is 5.26 Å². The molecule has 1 heterocycles. The number of hydrogen-bond acceptors (Lipinski definition) is 4. The number of hydrogen-bond donors (Lipinski definition) is 1. The van der Waals surface area contributed by atoms with Gasteiger partial charge in [-0.1, -0.05) is 18.2 Å². The van der Waals surface area contributed by atoms with Crippen LogP contribution in [0, 0.1) is 23.1 Å². The van der Waals surface area contributed by atoms with Crippen molar-refractivity contribution in [1.82, 2.24) is 4.98 Å². The highest BCUT2D eigenvalue weighted by Crippen LogP contribution is 2.48. The maximum Gasteiger partial charge on any atom is 0.307 e. The van der Waals surface area contributed by atoms with E-state index < -0.39 is 12.1 Å². The molecule has 154 valence electrons. The lowest BCUT2D eigenvalue weighted by atomic mass is 9.95. The quantitative estimate of drug-likeness (QED) is 0.634. The molecular formula is C25H19FN2O3. The molecule has 0 aliphatic heterocycles. The summed E-state index contributed by atoms with van der Waals surface area (Å²) in [6, 6.07) is 16.3. The van der Waals surface area contributed by atoms with Gasteiger partial charge in [0.1, 0.15) is 29.4 Å². The van der Waals surface area contributed by atoms with Crippen LogP contribution in [0.1, 0.15) is 47.2 Å². The van der Waals surface area contributed by atoms with Gasteiger partial charge in [-0.05, 0) is 72.2 Å². The van der Waals surface area contributed by atoms with Gasteiger partial charge in [-0.2, -0.15) is 5.26 Å². The number of nitriles is 1. The molecule has 2 aliphatic carbocycles. The maximum absolute atomic E-state index is 14.8. The fourth-order valence-corrected chi connectivity index (χ4v) is 4.55. The number of carboxylic acids is 1. The van der Waals surface area contributed by atoms with E-state index in [1.165, 1.54) is 6.07 Å². The molecule has 0 saturated heterocycles. The molecular weight excluding hydrogens is 395 g/mol. The molecule has 0 amide bonds. The SMILES string of the molecule is N#Cc1ncccc1-c1ccc(F)c2c1CC[C@H]2Oc1ccc(C2CC2C(=O)O)cc1. The van der Waals surface area contributed by atoms with Crippen LogP contribution in [0.3, 0.4) is 0 Å². The van der Waals surface area contributed by atoms with E-state index in [0.29, 0.717) is 41.8 Å². The number of rotatable bonds is 5. The fourth-order valence-electron chi connectivity index (χ4n) is 4.55. The van der Waals surface area contributed by atoms with Gasteiger partial charge in [-0.25, -0.2) is 9.37 Å². The van der Waals surface area contributed by atoms with Gasteiger partial charge in [0.05, 0.1) is 5.92 Å². The van der Waals surface area contributed by atoms with Crippen molar-refractivity contribution in [3.8, 4) is 22.9 Å². The number of aromatic nitrogens is 1. The Morgan fingerprint density at radius 2 is 1.97 bits per heavy atom. The zero-order chi connectivity index (χ0) is 21.5. The predicted octanol–water partition coefficient (Wildman–Crippen LogP) is 5.01.